The van der Waals surface area contributed by atoms with E-state index in [4.69, 9.17) is 0 Å². The van der Waals surface area contributed by atoms with E-state index in [0.29, 0.717) is 5.25 Å². The summed E-state index contributed by atoms with van der Waals surface area (Å²) in [4.78, 5) is 0. The van der Waals surface area contributed by atoms with E-state index < -0.39 is 0 Å². The molecule has 0 spiro atoms. The first kappa shape index (κ1) is 12.5. The molecule has 3 nitrogen and oxygen atoms in total. The minimum atomic E-state index is 0.653. The molecule has 1 aliphatic carbocycles. The van der Waals surface area contributed by atoms with Gasteiger partial charge in [-0.3, -0.25) is 4.68 Å². The standard InChI is InChI=1S/C13H19N3S/c1-9-5-4-6-11(7-9)17-13-12(8-14)10(2)15-16(13)3/h9,11H,4-7H2,1-3H3. The molecule has 1 heterocycles. The van der Waals surface area contributed by atoms with Crippen molar-refractivity contribution in [2.24, 2.45) is 13.0 Å². The highest BCUT2D eigenvalue weighted by atomic mass is 32.2. The second kappa shape index (κ2) is 5.14. The maximum Gasteiger partial charge on any atom is 0.112 e. The summed E-state index contributed by atoms with van der Waals surface area (Å²) in [6.45, 7) is 4.23. The van der Waals surface area contributed by atoms with Gasteiger partial charge in [0.2, 0.25) is 0 Å². The fourth-order valence-electron chi connectivity index (χ4n) is 2.54. The molecule has 4 heteroatoms. The van der Waals surface area contributed by atoms with Crippen molar-refractivity contribution < 1.29 is 0 Å². The Labute approximate surface area is 107 Å². The van der Waals surface area contributed by atoms with Gasteiger partial charge >= 0.3 is 0 Å². The van der Waals surface area contributed by atoms with E-state index in [9.17, 15) is 5.26 Å². The van der Waals surface area contributed by atoms with Crippen LogP contribution in [0.25, 0.3) is 0 Å². The van der Waals surface area contributed by atoms with Gasteiger partial charge in [-0.25, -0.2) is 0 Å². The van der Waals surface area contributed by atoms with Crippen molar-refractivity contribution in [3.05, 3.63) is 11.3 Å². The van der Waals surface area contributed by atoms with Gasteiger partial charge in [-0.05, 0) is 25.7 Å². The van der Waals surface area contributed by atoms with E-state index in [1.165, 1.54) is 25.7 Å². The first-order valence-electron chi connectivity index (χ1n) is 6.22. The summed E-state index contributed by atoms with van der Waals surface area (Å²) < 4.78 is 1.86. The Morgan fingerprint density at radius 2 is 2.24 bits per heavy atom. The second-order valence-corrected chi connectivity index (χ2v) is 6.30. The molecule has 2 unspecified atom stereocenters. The number of nitriles is 1. The van der Waals surface area contributed by atoms with Crippen LogP contribution in [-0.4, -0.2) is 15.0 Å². The van der Waals surface area contributed by atoms with Gasteiger partial charge in [0.15, 0.2) is 0 Å². The van der Waals surface area contributed by atoms with Crippen molar-refractivity contribution in [1.82, 2.24) is 9.78 Å². The molecule has 0 amide bonds. The molecule has 92 valence electrons. The van der Waals surface area contributed by atoms with Gasteiger partial charge in [-0.1, -0.05) is 19.8 Å². The highest BCUT2D eigenvalue weighted by molar-refractivity contribution is 7.99. The quantitative estimate of drug-likeness (QED) is 0.807. The van der Waals surface area contributed by atoms with Crippen LogP contribution < -0.4 is 0 Å². The van der Waals surface area contributed by atoms with Gasteiger partial charge in [0.05, 0.1) is 5.69 Å². The van der Waals surface area contributed by atoms with E-state index in [1.807, 2.05) is 30.4 Å². The Morgan fingerprint density at radius 1 is 1.47 bits per heavy atom. The third-order valence-corrected chi connectivity index (χ3v) is 4.90. The largest absolute Gasteiger partial charge is 0.260 e. The molecule has 1 saturated carbocycles. The summed E-state index contributed by atoms with van der Waals surface area (Å²) in [5.74, 6) is 0.820. The van der Waals surface area contributed by atoms with Gasteiger partial charge in [-0.2, -0.15) is 10.4 Å². The summed E-state index contributed by atoms with van der Waals surface area (Å²) in [5.41, 5.74) is 1.61. The Bertz CT molecular complexity index is 444. The fraction of sp³-hybridized carbons (Fsp3) is 0.692. The highest BCUT2D eigenvalue weighted by Gasteiger charge is 2.23. The van der Waals surface area contributed by atoms with Gasteiger partial charge in [0, 0.05) is 12.3 Å². The Morgan fingerprint density at radius 3 is 2.88 bits per heavy atom. The van der Waals surface area contributed by atoms with Crippen LogP contribution >= 0.6 is 11.8 Å². The molecule has 0 bridgehead atoms. The maximum absolute atomic E-state index is 9.18. The summed E-state index contributed by atoms with van der Waals surface area (Å²) in [5, 5.41) is 15.2. The third kappa shape index (κ3) is 2.66. The lowest BCUT2D eigenvalue weighted by Crippen LogP contribution is -2.15. The normalized spacial score (nSPS) is 24.6. The van der Waals surface area contributed by atoms with Crippen LogP contribution in [0.2, 0.25) is 0 Å². The number of hydrogen-bond donors (Lipinski definition) is 0. The van der Waals surface area contributed by atoms with Crippen LogP contribution in [0.1, 0.15) is 43.9 Å². The van der Waals surface area contributed by atoms with E-state index in [2.05, 4.69) is 18.1 Å². The molecule has 17 heavy (non-hydrogen) atoms. The topological polar surface area (TPSA) is 41.6 Å². The van der Waals surface area contributed by atoms with Crippen molar-refractivity contribution in [1.29, 1.82) is 5.26 Å². The molecule has 0 aliphatic heterocycles. The van der Waals surface area contributed by atoms with Crippen molar-refractivity contribution in [2.75, 3.05) is 0 Å². The molecule has 0 radical (unpaired) electrons. The molecule has 0 N–H and O–H groups in total. The van der Waals surface area contributed by atoms with Crippen LogP contribution in [0.5, 0.6) is 0 Å². The molecule has 0 saturated heterocycles. The highest BCUT2D eigenvalue weighted by Crippen LogP contribution is 2.37. The molecule has 2 atom stereocenters. The molecule has 1 aromatic heterocycles. The number of rotatable bonds is 2. The number of aryl methyl sites for hydroxylation is 2. The van der Waals surface area contributed by atoms with Crippen molar-refractivity contribution in [3.8, 4) is 6.07 Å². The zero-order valence-corrected chi connectivity index (χ0v) is 11.5. The first-order valence-corrected chi connectivity index (χ1v) is 7.10. The summed E-state index contributed by atoms with van der Waals surface area (Å²) >= 11 is 1.84. The number of nitrogens with zero attached hydrogens (tertiary/aromatic N) is 3. The van der Waals surface area contributed by atoms with Crippen molar-refractivity contribution in [3.63, 3.8) is 0 Å². The monoisotopic (exact) mass is 249 g/mol. The number of aromatic nitrogens is 2. The molecule has 2 rings (SSSR count). The van der Waals surface area contributed by atoms with Crippen LogP contribution in [0.3, 0.4) is 0 Å². The number of thioether (sulfide) groups is 1. The lowest BCUT2D eigenvalue weighted by Gasteiger charge is -2.26. The molecule has 0 aromatic carbocycles. The Kier molecular flexibility index (Phi) is 3.78. The Balaban J connectivity index is 2.15. The van der Waals surface area contributed by atoms with E-state index in [1.54, 1.807) is 0 Å². The third-order valence-electron chi connectivity index (χ3n) is 3.45. The van der Waals surface area contributed by atoms with Crippen LogP contribution in [-0.2, 0) is 7.05 Å². The Hall–Kier alpha value is -0.950. The van der Waals surface area contributed by atoms with Gasteiger partial charge in [-0.15, -0.1) is 11.8 Å². The molecular formula is C13H19N3S. The van der Waals surface area contributed by atoms with Crippen LogP contribution in [0.15, 0.2) is 5.03 Å². The SMILES string of the molecule is Cc1nn(C)c(SC2CCCC(C)C2)c1C#N. The van der Waals surface area contributed by atoms with Crippen molar-refractivity contribution in [2.45, 2.75) is 49.8 Å². The molecular weight excluding hydrogens is 230 g/mol. The minimum absolute atomic E-state index is 0.653. The first-order chi connectivity index (χ1) is 8.11. The van der Waals surface area contributed by atoms with Crippen molar-refractivity contribution >= 4 is 11.8 Å². The van der Waals surface area contributed by atoms with Gasteiger partial charge in [0.25, 0.3) is 0 Å². The van der Waals surface area contributed by atoms with Crippen LogP contribution in [0, 0.1) is 24.2 Å². The zero-order chi connectivity index (χ0) is 12.4. The molecule has 1 aliphatic rings. The number of hydrogen-bond acceptors (Lipinski definition) is 3. The van der Waals surface area contributed by atoms with Gasteiger partial charge < -0.3 is 0 Å². The predicted octanol–water partition coefficient (Wildman–Crippen LogP) is 3.27. The fourth-order valence-corrected chi connectivity index (χ4v) is 4.07. The van der Waals surface area contributed by atoms with Crippen LogP contribution in [0.4, 0.5) is 0 Å². The van der Waals surface area contributed by atoms with E-state index >= 15 is 0 Å². The minimum Gasteiger partial charge on any atom is -0.260 e. The zero-order valence-electron chi connectivity index (χ0n) is 10.7. The molecule has 1 fully saturated rings. The second-order valence-electron chi connectivity index (χ2n) is 5.01. The average molecular weight is 249 g/mol. The molecule has 1 aromatic rings. The average Bonchev–Trinajstić information content (AvgIpc) is 2.53. The summed E-state index contributed by atoms with van der Waals surface area (Å²) in [6, 6.07) is 2.28. The lowest BCUT2D eigenvalue weighted by molar-refractivity contribution is 0.394. The smallest absolute Gasteiger partial charge is 0.112 e. The summed E-state index contributed by atoms with van der Waals surface area (Å²) in [6.07, 6.45) is 5.20. The van der Waals surface area contributed by atoms with E-state index in [0.717, 1.165) is 22.2 Å². The van der Waals surface area contributed by atoms with E-state index in [-0.39, 0.29) is 0 Å². The predicted molar refractivity (Wildman–Crippen MR) is 69.9 cm³/mol. The maximum atomic E-state index is 9.18. The van der Waals surface area contributed by atoms with Gasteiger partial charge in [0.1, 0.15) is 16.7 Å². The summed E-state index contributed by atoms with van der Waals surface area (Å²) in [7, 11) is 1.93. The lowest BCUT2D eigenvalue weighted by atomic mass is 9.91.